The highest BCUT2D eigenvalue weighted by atomic mass is 32.2. The average Bonchev–Trinajstić information content (AvgIpc) is 2.58. The largest absolute Gasteiger partial charge is 0.392 e. The maximum Gasteiger partial charge on any atom is 0.152 e. The molecular formula is C10H18N2O3S. The summed E-state index contributed by atoms with van der Waals surface area (Å²) in [5.74, 6) is 0.847. The van der Waals surface area contributed by atoms with Crippen LogP contribution in [0.4, 0.5) is 0 Å². The molecule has 16 heavy (non-hydrogen) atoms. The molecule has 0 aliphatic heterocycles. The van der Waals surface area contributed by atoms with Crippen molar-refractivity contribution in [3.63, 3.8) is 0 Å². The highest BCUT2D eigenvalue weighted by Crippen LogP contribution is 2.10. The Hall–Kier alpha value is -0.880. The van der Waals surface area contributed by atoms with E-state index < -0.39 is 21.2 Å². The molecule has 0 aromatic carbocycles. The molecular weight excluding hydrogens is 228 g/mol. The van der Waals surface area contributed by atoms with Gasteiger partial charge in [-0.2, -0.15) is 0 Å². The van der Waals surface area contributed by atoms with E-state index in [-0.39, 0.29) is 0 Å². The predicted molar refractivity (Wildman–Crippen MR) is 61.8 cm³/mol. The van der Waals surface area contributed by atoms with Crippen molar-refractivity contribution in [2.24, 2.45) is 7.05 Å². The Morgan fingerprint density at radius 3 is 2.62 bits per heavy atom. The zero-order valence-corrected chi connectivity index (χ0v) is 10.6. The quantitative estimate of drug-likeness (QED) is 0.802. The van der Waals surface area contributed by atoms with Crippen LogP contribution in [0.1, 0.15) is 19.2 Å². The van der Waals surface area contributed by atoms with Gasteiger partial charge >= 0.3 is 0 Å². The second-order valence-electron chi connectivity index (χ2n) is 4.10. The standard InChI is InChI=1S/C10H18N2O3S/c1-8(16(3,14)15)9(13)4-5-10-11-6-7-12(10)2/h6-9,13H,4-5H2,1-3H3. The Morgan fingerprint density at radius 2 is 2.19 bits per heavy atom. The van der Waals surface area contributed by atoms with Crippen molar-refractivity contribution in [3.8, 4) is 0 Å². The molecule has 0 spiro atoms. The van der Waals surface area contributed by atoms with Crippen LogP contribution in [0.5, 0.6) is 0 Å². The van der Waals surface area contributed by atoms with E-state index in [0.29, 0.717) is 12.8 Å². The van der Waals surface area contributed by atoms with Crippen LogP contribution in [-0.2, 0) is 23.3 Å². The summed E-state index contributed by atoms with van der Waals surface area (Å²) < 4.78 is 24.3. The van der Waals surface area contributed by atoms with Crippen LogP contribution in [0, 0.1) is 0 Å². The summed E-state index contributed by atoms with van der Waals surface area (Å²) in [6.07, 6.45) is 4.78. The zero-order valence-electron chi connectivity index (χ0n) is 9.79. The fraction of sp³-hybridized carbons (Fsp3) is 0.700. The average molecular weight is 246 g/mol. The molecule has 2 unspecified atom stereocenters. The third-order valence-electron chi connectivity index (χ3n) is 2.80. The normalized spacial score (nSPS) is 16.0. The molecule has 5 nitrogen and oxygen atoms in total. The Bertz CT molecular complexity index is 439. The first-order valence-electron chi connectivity index (χ1n) is 5.15. The number of rotatable bonds is 5. The fourth-order valence-corrected chi connectivity index (χ4v) is 2.14. The lowest BCUT2D eigenvalue weighted by Crippen LogP contribution is -2.31. The summed E-state index contributed by atoms with van der Waals surface area (Å²) in [5.41, 5.74) is 0. The smallest absolute Gasteiger partial charge is 0.152 e. The summed E-state index contributed by atoms with van der Waals surface area (Å²) in [7, 11) is -1.31. The molecule has 92 valence electrons. The minimum absolute atomic E-state index is 0.402. The van der Waals surface area contributed by atoms with Crippen molar-refractivity contribution in [1.29, 1.82) is 0 Å². The molecule has 0 aliphatic rings. The van der Waals surface area contributed by atoms with E-state index in [9.17, 15) is 13.5 Å². The van der Waals surface area contributed by atoms with E-state index in [1.54, 1.807) is 6.20 Å². The van der Waals surface area contributed by atoms with Crippen molar-refractivity contribution in [2.75, 3.05) is 6.26 Å². The molecule has 1 aromatic rings. The first-order valence-corrected chi connectivity index (χ1v) is 7.11. The Morgan fingerprint density at radius 1 is 1.56 bits per heavy atom. The van der Waals surface area contributed by atoms with Gasteiger partial charge in [0, 0.05) is 32.1 Å². The predicted octanol–water partition coefficient (Wildman–Crippen LogP) is 0.147. The first-order chi connectivity index (χ1) is 7.32. The van der Waals surface area contributed by atoms with Crippen LogP contribution in [0.2, 0.25) is 0 Å². The van der Waals surface area contributed by atoms with Crippen LogP contribution < -0.4 is 0 Å². The van der Waals surface area contributed by atoms with Crippen molar-refractivity contribution < 1.29 is 13.5 Å². The highest BCUT2D eigenvalue weighted by Gasteiger charge is 2.23. The Labute approximate surface area is 96.0 Å². The van der Waals surface area contributed by atoms with Gasteiger partial charge in [-0.3, -0.25) is 0 Å². The van der Waals surface area contributed by atoms with Gasteiger partial charge in [-0.15, -0.1) is 0 Å². The van der Waals surface area contributed by atoms with Gasteiger partial charge in [0.05, 0.1) is 11.4 Å². The van der Waals surface area contributed by atoms with Crippen molar-refractivity contribution in [1.82, 2.24) is 9.55 Å². The van der Waals surface area contributed by atoms with E-state index in [1.807, 2.05) is 17.8 Å². The summed E-state index contributed by atoms with van der Waals surface area (Å²) >= 11 is 0. The maximum atomic E-state index is 11.2. The Kier molecular flexibility index (Phi) is 4.09. The van der Waals surface area contributed by atoms with Crippen LogP contribution in [0.25, 0.3) is 0 Å². The molecule has 1 N–H and O–H groups in total. The van der Waals surface area contributed by atoms with Crippen LogP contribution in [0.3, 0.4) is 0 Å². The molecule has 0 aliphatic carbocycles. The number of hydrogen-bond donors (Lipinski definition) is 1. The van der Waals surface area contributed by atoms with Crippen molar-refractivity contribution >= 4 is 9.84 Å². The van der Waals surface area contributed by atoms with E-state index in [0.717, 1.165) is 12.1 Å². The fourth-order valence-electron chi connectivity index (χ4n) is 1.43. The van der Waals surface area contributed by atoms with Crippen molar-refractivity contribution in [2.45, 2.75) is 31.1 Å². The molecule has 0 amide bonds. The third kappa shape index (κ3) is 3.31. The second kappa shape index (κ2) is 4.97. The monoisotopic (exact) mass is 246 g/mol. The molecule has 1 aromatic heterocycles. The second-order valence-corrected chi connectivity index (χ2v) is 6.50. The van der Waals surface area contributed by atoms with E-state index in [4.69, 9.17) is 0 Å². The van der Waals surface area contributed by atoms with Crippen molar-refractivity contribution in [3.05, 3.63) is 18.2 Å². The Balaban J connectivity index is 2.54. The molecule has 0 fully saturated rings. The molecule has 1 heterocycles. The summed E-state index contributed by atoms with van der Waals surface area (Å²) in [6.45, 7) is 1.53. The summed E-state index contributed by atoms with van der Waals surface area (Å²) in [4.78, 5) is 4.11. The van der Waals surface area contributed by atoms with Crippen LogP contribution >= 0.6 is 0 Å². The SMILES string of the molecule is CC(C(O)CCc1nccn1C)S(C)(=O)=O. The van der Waals surface area contributed by atoms with Gasteiger partial charge in [-0.1, -0.05) is 0 Å². The summed E-state index contributed by atoms with van der Waals surface area (Å²) in [6, 6.07) is 0. The number of aromatic nitrogens is 2. The number of hydrogen-bond acceptors (Lipinski definition) is 4. The van der Waals surface area contributed by atoms with Gasteiger partial charge in [0.1, 0.15) is 5.82 Å². The number of nitrogens with zero attached hydrogens (tertiary/aromatic N) is 2. The van der Waals surface area contributed by atoms with Gasteiger partial charge in [0.15, 0.2) is 9.84 Å². The highest BCUT2D eigenvalue weighted by molar-refractivity contribution is 7.91. The lowest BCUT2D eigenvalue weighted by atomic mass is 10.1. The topological polar surface area (TPSA) is 72.2 Å². The number of aryl methyl sites for hydroxylation is 2. The van der Waals surface area contributed by atoms with Gasteiger partial charge in [0.2, 0.25) is 0 Å². The minimum Gasteiger partial charge on any atom is -0.392 e. The van der Waals surface area contributed by atoms with Gasteiger partial charge in [0.25, 0.3) is 0 Å². The number of aliphatic hydroxyl groups excluding tert-OH is 1. The number of sulfone groups is 1. The van der Waals surface area contributed by atoms with Crippen LogP contribution in [-0.4, -0.2) is 40.7 Å². The molecule has 0 radical (unpaired) electrons. The zero-order chi connectivity index (χ0) is 12.3. The number of aliphatic hydroxyl groups is 1. The summed E-state index contributed by atoms with van der Waals surface area (Å²) in [5, 5.41) is 9.00. The van der Waals surface area contributed by atoms with Gasteiger partial charge < -0.3 is 9.67 Å². The molecule has 2 atom stereocenters. The molecule has 0 saturated heterocycles. The molecule has 0 bridgehead atoms. The maximum absolute atomic E-state index is 11.2. The van der Waals surface area contributed by atoms with Crippen LogP contribution in [0.15, 0.2) is 12.4 Å². The van der Waals surface area contributed by atoms with Gasteiger partial charge in [-0.25, -0.2) is 13.4 Å². The lowest BCUT2D eigenvalue weighted by molar-refractivity contribution is 0.162. The lowest BCUT2D eigenvalue weighted by Gasteiger charge is -2.16. The molecule has 6 heteroatoms. The molecule has 1 rings (SSSR count). The minimum atomic E-state index is -3.18. The van der Waals surface area contributed by atoms with E-state index in [1.165, 1.54) is 6.92 Å². The first kappa shape index (κ1) is 13.2. The van der Waals surface area contributed by atoms with E-state index in [2.05, 4.69) is 4.98 Å². The molecule has 0 saturated carbocycles. The number of imidazole rings is 1. The third-order valence-corrected chi connectivity index (χ3v) is 4.47. The van der Waals surface area contributed by atoms with Gasteiger partial charge in [-0.05, 0) is 13.3 Å². The van der Waals surface area contributed by atoms with E-state index >= 15 is 0 Å².